The molecule has 1 saturated heterocycles. The fraction of sp³-hybridized carbons (Fsp3) is 0.190. The second-order valence-corrected chi connectivity index (χ2v) is 7.58. The highest BCUT2D eigenvalue weighted by atomic mass is 127. The molecule has 0 aliphatic carbocycles. The summed E-state index contributed by atoms with van der Waals surface area (Å²) in [6, 6.07) is 8.28. The number of amides is 4. The van der Waals surface area contributed by atoms with Gasteiger partial charge in [0.25, 0.3) is 11.8 Å². The molecule has 3 rings (SSSR count). The highest BCUT2D eigenvalue weighted by Gasteiger charge is 2.32. The van der Waals surface area contributed by atoms with E-state index >= 15 is 0 Å². The Morgan fingerprint density at radius 3 is 2.58 bits per heavy atom. The first-order chi connectivity index (χ1) is 14.8. The lowest BCUT2D eigenvalue weighted by Crippen LogP contribution is -2.30. The molecule has 0 bridgehead atoms. The molecule has 0 saturated carbocycles. The first-order valence-electron chi connectivity index (χ1n) is 9.22. The monoisotopic (exact) mass is 539 g/mol. The quantitative estimate of drug-likeness (QED) is 0.320. The number of rotatable bonds is 7. The summed E-state index contributed by atoms with van der Waals surface area (Å²) in [6.07, 6.45) is 1.55. The number of methoxy groups -OCH3 is 1. The molecule has 31 heavy (non-hydrogen) atoms. The highest BCUT2D eigenvalue weighted by Crippen LogP contribution is 2.34. The molecule has 2 N–H and O–H groups in total. The van der Waals surface area contributed by atoms with Gasteiger partial charge in [0.05, 0.1) is 10.7 Å². The van der Waals surface area contributed by atoms with Crippen molar-refractivity contribution in [3.05, 3.63) is 57.0 Å². The summed E-state index contributed by atoms with van der Waals surface area (Å²) >= 11 is 2.03. The zero-order valence-corrected chi connectivity index (χ0v) is 18.9. The van der Waals surface area contributed by atoms with E-state index in [4.69, 9.17) is 9.47 Å². The lowest BCUT2D eigenvalue weighted by Gasteiger charge is -2.14. The molecule has 162 valence electrons. The van der Waals surface area contributed by atoms with Crippen LogP contribution < -0.4 is 20.1 Å². The number of benzene rings is 2. The molecule has 0 aromatic heterocycles. The van der Waals surface area contributed by atoms with Gasteiger partial charge in [-0.2, -0.15) is 0 Å². The van der Waals surface area contributed by atoms with Crippen LogP contribution in [0.15, 0.2) is 42.1 Å². The molecule has 1 aliphatic rings. The van der Waals surface area contributed by atoms with Gasteiger partial charge in [0, 0.05) is 12.2 Å². The predicted octanol–water partition coefficient (Wildman–Crippen LogP) is 3.37. The summed E-state index contributed by atoms with van der Waals surface area (Å²) in [5, 5.41) is 5.15. The highest BCUT2D eigenvalue weighted by molar-refractivity contribution is 14.1. The van der Waals surface area contributed by atoms with Gasteiger partial charge >= 0.3 is 6.03 Å². The minimum absolute atomic E-state index is 0.164. The lowest BCUT2D eigenvalue weighted by atomic mass is 10.1. The van der Waals surface area contributed by atoms with E-state index < -0.39 is 23.7 Å². The van der Waals surface area contributed by atoms with Crippen LogP contribution in [0.3, 0.4) is 0 Å². The van der Waals surface area contributed by atoms with Crippen LogP contribution in [0.4, 0.5) is 14.9 Å². The van der Waals surface area contributed by atoms with Gasteiger partial charge in [0.15, 0.2) is 18.1 Å². The van der Waals surface area contributed by atoms with Crippen LogP contribution in [-0.4, -0.2) is 43.0 Å². The van der Waals surface area contributed by atoms with Crippen LogP contribution in [0.2, 0.25) is 0 Å². The Balaban J connectivity index is 1.73. The van der Waals surface area contributed by atoms with Crippen molar-refractivity contribution < 1.29 is 28.2 Å². The maximum atomic E-state index is 13.0. The van der Waals surface area contributed by atoms with Gasteiger partial charge in [-0.3, -0.25) is 14.5 Å². The summed E-state index contributed by atoms with van der Waals surface area (Å²) in [6.45, 7) is 1.70. The lowest BCUT2D eigenvalue weighted by molar-refractivity contribution is -0.122. The number of ether oxygens (including phenoxy) is 2. The van der Waals surface area contributed by atoms with E-state index in [0.29, 0.717) is 26.3 Å². The number of urea groups is 1. The van der Waals surface area contributed by atoms with Crippen molar-refractivity contribution in [2.75, 3.05) is 25.6 Å². The summed E-state index contributed by atoms with van der Waals surface area (Å²) in [5.74, 6) is -0.507. The topological polar surface area (TPSA) is 97.0 Å². The number of nitrogens with one attached hydrogen (secondary N) is 2. The van der Waals surface area contributed by atoms with Crippen LogP contribution in [0, 0.1) is 9.39 Å². The van der Waals surface area contributed by atoms with Crippen molar-refractivity contribution >= 4 is 52.2 Å². The van der Waals surface area contributed by atoms with Gasteiger partial charge in [-0.05, 0) is 77.6 Å². The molecule has 1 fully saturated rings. The van der Waals surface area contributed by atoms with E-state index in [0.717, 1.165) is 4.90 Å². The fourth-order valence-corrected chi connectivity index (χ4v) is 3.64. The summed E-state index contributed by atoms with van der Waals surface area (Å²) in [5.41, 5.74) is 1.23. The van der Waals surface area contributed by atoms with Crippen molar-refractivity contribution in [1.29, 1.82) is 0 Å². The van der Waals surface area contributed by atoms with Crippen molar-refractivity contribution in [3.63, 3.8) is 0 Å². The molecule has 8 nitrogen and oxygen atoms in total. The first-order valence-corrected chi connectivity index (χ1v) is 10.3. The predicted molar refractivity (Wildman–Crippen MR) is 120 cm³/mol. The normalized spacial score (nSPS) is 14.6. The third-order valence-electron chi connectivity index (χ3n) is 4.32. The number of imide groups is 1. The van der Waals surface area contributed by atoms with Crippen LogP contribution in [0.5, 0.6) is 11.5 Å². The van der Waals surface area contributed by atoms with Crippen molar-refractivity contribution in [3.8, 4) is 11.5 Å². The minimum Gasteiger partial charge on any atom is -0.493 e. The molecule has 2 aromatic carbocycles. The molecule has 0 spiro atoms. The zero-order valence-electron chi connectivity index (χ0n) is 16.7. The third kappa shape index (κ3) is 5.32. The largest absolute Gasteiger partial charge is 0.493 e. The van der Waals surface area contributed by atoms with E-state index in [2.05, 4.69) is 10.6 Å². The molecule has 0 unspecified atom stereocenters. The molecule has 2 aromatic rings. The minimum atomic E-state index is -0.465. The number of hydrogen-bond donors (Lipinski definition) is 2. The summed E-state index contributed by atoms with van der Waals surface area (Å²) < 4.78 is 24.6. The first kappa shape index (κ1) is 22.5. The summed E-state index contributed by atoms with van der Waals surface area (Å²) in [7, 11) is 1.45. The molecular weight excluding hydrogens is 520 g/mol. The molecule has 0 atom stereocenters. The van der Waals surface area contributed by atoms with Gasteiger partial charge in [-0.25, -0.2) is 9.18 Å². The van der Waals surface area contributed by atoms with Gasteiger partial charge < -0.3 is 20.1 Å². The van der Waals surface area contributed by atoms with E-state index in [1.54, 1.807) is 25.1 Å². The molecule has 1 heterocycles. The number of hydrogen-bond acceptors (Lipinski definition) is 5. The Morgan fingerprint density at radius 2 is 1.97 bits per heavy atom. The Bertz CT molecular complexity index is 1060. The van der Waals surface area contributed by atoms with Gasteiger partial charge in [-0.15, -0.1) is 0 Å². The van der Waals surface area contributed by atoms with Gasteiger partial charge in [0.1, 0.15) is 11.5 Å². The molecular formula is C21H19FIN3O5. The van der Waals surface area contributed by atoms with Crippen LogP contribution in [0.25, 0.3) is 6.08 Å². The second-order valence-electron chi connectivity index (χ2n) is 6.42. The second kappa shape index (κ2) is 9.77. The van der Waals surface area contributed by atoms with Crippen LogP contribution in [-0.2, 0) is 9.59 Å². The van der Waals surface area contributed by atoms with E-state index in [1.807, 2.05) is 22.6 Å². The van der Waals surface area contributed by atoms with E-state index in [-0.39, 0.29) is 18.8 Å². The van der Waals surface area contributed by atoms with E-state index in [9.17, 15) is 18.8 Å². The third-order valence-corrected chi connectivity index (χ3v) is 5.12. The maximum Gasteiger partial charge on any atom is 0.328 e. The number of carbonyl (C=O) groups excluding carboxylic acids is 3. The number of halogens is 2. The van der Waals surface area contributed by atoms with Gasteiger partial charge in [-0.1, -0.05) is 0 Å². The number of nitrogens with zero attached hydrogens (tertiary/aromatic N) is 1. The molecule has 0 radical (unpaired) electrons. The Labute approximate surface area is 191 Å². The number of likely N-dealkylation sites (N-methyl/N-ethyl adjacent to an activating group) is 1. The van der Waals surface area contributed by atoms with Crippen molar-refractivity contribution in [2.45, 2.75) is 6.92 Å². The van der Waals surface area contributed by atoms with Crippen molar-refractivity contribution in [1.82, 2.24) is 10.2 Å². The Morgan fingerprint density at radius 1 is 1.26 bits per heavy atom. The average molecular weight is 539 g/mol. The van der Waals surface area contributed by atoms with Gasteiger partial charge in [0.2, 0.25) is 0 Å². The SMILES string of the molecule is CCN1C(=O)N/C(=C/c2cc(I)c(OCC(=O)Nc3ccc(F)cc3)c(OC)c2)C1=O. The van der Waals surface area contributed by atoms with Crippen LogP contribution >= 0.6 is 22.6 Å². The molecule has 1 aliphatic heterocycles. The summed E-state index contributed by atoms with van der Waals surface area (Å²) in [4.78, 5) is 37.3. The Kier molecular flexibility index (Phi) is 7.10. The zero-order chi connectivity index (χ0) is 22.5. The number of anilines is 1. The van der Waals surface area contributed by atoms with Crippen LogP contribution in [0.1, 0.15) is 12.5 Å². The van der Waals surface area contributed by atoms with Crippen molar-refractivity contribution in [2.24, 2.45) is 0 Å². The van der Waals surface area contributed by atoms with E-state index in [1.165, 1.54) is 31.4 Å². The maximum absolute atomic E-state index is 13.0. The number of carbonyl (C=O) groups is 3. The Hall–Kier alpha value is -3.15. The standard InChI is InChI=1S/C21H19FIN3O5/c1-3-26-20(28)16(25-21(26)29)9-12-8-15(23)19(17(10-12)30-2)31-11-18(27)24-14-6-4-13(22)5-7-14/h4-10H,3,11H2,1-2H3,(H,24,27)(H,25,29)/b16-9+. The molecule has 4 amide bonds. The smallest absolute Gasteiger partial charge is 0.328 e. The average Bonchev–Trinajstić information content (AvgIpc) is 3.00. The fourth-order valence-electron chi connectivity index (χ4n) is 2.86. The molecule has 10 heteroatoms.